The highest BCUT2D eigenvalue weighted by Gasteiger charge is 2.22. The predicted molar refractivity (Wildman–Crippen MR) is 71.1 cm³/mol. The van der Waals surface area contributed by atoms with Crippen LogP contribution in [0.5, 0.6) is 0 Å². The molecular weight excluding hydrogens is 264 g/mol. The Hall–Kier alpha value is -1.86. The maximum absolute atomic E-state index is 12.0. The van der Waals surface area contributed by atoms with Crippen LogP contribution < -0.4 is 5.32 Å². The van der Waals surface area contributed by atoms with Crippen molar-refractivity contribution in [3.63, 3.8) is 0 Å². The third kappa shape index (κ3) is 5.41. The van der Waals surface area contributed by atoms with Crippen LogP contribution in [0.4, 0.5) is 0 Å². The van der Waals surface area contributed by atoms with Crippen molar-refractivity contribution in [3.8, 4) is 0 Å². The zero-order valence-electron chi connectivity index (χ0n) is 11.7. The minimum Gasteiger partial charge on any atom is -0.480 e. The second-order valence-electron chi connectivity index (χ2n) is 4.33. The first-order valence-electron chi connectivity index (χ1n) is 6.29. The highest BCUT2D eigenvalue weighted by molar-refractivity contribution is 5.82. The van der Waals surface area contributed by atoms with Crippen LogP contribution in [0.1, 0.15) is 12.7 Å². The standard InChI is InChI=1S/C13H20N2O5/c1-10(15(5-7-19-2)9-12(16)17)13(18)14-8-11-4-3-6-20-11/h3-4,6,10H,5,7-9H2,1-2H3,(H,14,18)(H,16,17). The van der Waals surface area contributed by atoms with Crippen molar-refractivity contribution < 1.29 is 23.8 Å². The smallest absolute Gasteiger partial charge is 0.317 e. The van der Waals surface area contributed by atoms with Gasteiger partial charge in [-0.2, -0.15) is 0 Å². The normalized spacial score (nSPS) is 12.3. The summed E-state index contributed by atoms with van der Waals surface area (Å²) in [5.74, 6) is -0.585. The van der Waals surface area contributed by atoms with E-state index in [1.807, 2.05) is 0 Å². The highest BCUT2D eigenvalue weighted by Crippen LogP contribution is 2.02. The molecule has 20 heavy (non-hydrogen) atoms. The second-order valence-corrected chi connectivity index (χ2v) is 4.33. The van der Waals surface area contributed by atoms with Crippen LogP contribution in [0.25, 0.3) is 0 Å². The van der Waals surface area contributed by atoms with Crippen LogP contribution in [0.15, 0.2) is 22.8 Å². The Morgan fingerprint density at radius 1 is 1.55 bits per heavy atom. The van der Waals surface area contributed by atoms with Gasteiger partial charge in [-0.1, -0.05) is 0 Å². The van der Waals surface area contributed by atoms with Gasteiger partial charge in [0, 0.05) is 13.7 Å². The van der Waals surface area contributed by atoms with E-state index in [2.05, 4.69) is 5.32 Å². The number of carbonyl (C=O) groups excluding carboxylic acids is 1. The number of methoxy groups -OCH3 is 1. The number of carboxylic acids is 1. The summed E-state index contributed by atoms with van der Waals surface area (Å²) in [5.41, 5.74) is 0. The fourth-order valence-corrected chi connectivity index (χ4v) is 1.69. The molecule has 1 heterocycles. The Labute approximate surface area is 117 Å². The Balaban J connectivity index is 2.50. The molecule has 7 heteroatoms. The summed E-state index contributed by atoms with van der Waals surface area (Å²) in [6.07, 6.45) is 1.53. The third-order valence-corrected chi connectivity index (χ3v) is 2.87. The lowest BCUT2D eigenvalue weighted by molar-refractivity contribution is -0.140. The van der Waals surface area contributed by atoms with Crippen molar-refractivity contribution in [2.75, 3.05) is 26.8 Å². The van der Waals surface area contributed by atoms with Crippen LogP contribution >= 0.6 is 0 Å². The van der Waals surface area contributed by atoms with E-state index in [9.17, 15) is 9.59 Å². The molecule has 7 nitrogen and oxygen atoms in total. The van der Waals surface area contributed by atoms with Crippen LogP contribution in [-0.4, -0.2) is 54.7 Å². The van der Waals surface area contributed by atoms with Gasteiger partial charge >= 0.3 is 5.97 Å². The van der Waals surface area contributed by atoms with Crippen LogP contribution in [-0.2, 0) is 20.9 Å². The van der Waals surface area contributed by atoms with Gasteiger partial charge in [0.05, 0.1) is 32.0 Å². The Morgan fingerprint density at radius 3 is 2.85 bits per heavy atom. The predicted octanol–water partition coefficient (Wildman–Crippen LogP) is 0.317. The highest BCUT2D eigenvalue weighted by atomic mass is 16.5. The number of nitrogens with one attached hydrogen (secondary N) is 1. The van der Waals surface area contributed by atoms with Gasteiger partial charge in [-0.25, -0.2) is 0 Å². The first-order valence-corrected chi connectivity index (χ1v) is 6.29. The van der Waals surface area contributed by atoms with Crippen LogP contribution in [0, 0.1) is 0 Å². The fraction of sp³-hybridized carbons (Fsp3) is 0.538. The lowest BCUT2D eigenvalue weighted by Crippen LogP contribution is -2.48. The summed E-state index contributed by atoms with van der Waals surface area (Å²) in [6.45, 7) is 2.47. The Kier molecular flexibility index (Phi) is 6.75. The molecule has 1 aromatic heterocycles. The van der Waals surface area contributed by atoms with E-state index in [4.69, 9.17) is 14.3 Å². The van der Waals surface area contributed by atoms with E-state index in [-0.39, 0.29) is 19.0 Å². The molecule has 0 aromatic carbocycles. The topological polar surface area (TPSA) is 92.0 Å². The van der Waals surface area contributed by atoms with Crippen LogP contribution in [0.3, 0.4) is 0 Å². The quantitative estimate of drug-likeness (QED) is 0.678. The summed E-state index contributed by atoms with van der Waals surface area (Å²) in [4.78, 5) is 24.4. The SMILES string of the molecule is COCCN(CC(=O)O)C(C)C(=O)NCc1ccco1. The van der Waals surface area contributed by atoms with Gasteiger partial charge in [0.25, 0.3) is 0 Å². The number of amides is 1. The van der Waals surface area contributed by atoms with E-state index >= 15 is 0 Å². The van der Waals surface area contributed by atoms with Crippen molar-refractivity contribution in [1.29, 1.82) is 0 Å². The Morgan fingerprint density at radius 2 is 2.30 bits per heavy atom. The number of rotatable bonds is 9. The van der Waals surface area contributed by atoms with Crippen molar-refractivity contribution >= 4 is 11.9 Å². The molecule has 1 rings (SSSR count). The molecule has 0 radical (unpaired) electrons. The summed E-state index contributed by atoms with van der Waals surface area (Å²) >= 11 is 0. The van der Waals surface area contributed by atoms with Crippen molar-refractivity contribution in [3.05, 3.63) is 24.2 Å². The molecule has 0 spiro atoms. The molecule has 0 saturated carbocycles. The first-order chi connectivity index (χ1) is 9.54. The molecule has 0 aliphatic rings. The average molecular weight is 284 g/mol. The minimum absolute atomic E-state index is 0.210. The lowest BCUT2D eigenvalue weighted by atomic mass is 10.2. The molecule has 1 unspecified atom stereocenters. The van der Waals surface area contributed by atoms with Gasteiger partial charge in [0.15, 0.2) is 0 Å². The van der Waals surface area contributed by atoms with E-state index < -0.39 is 12.0 Å². The molecule has 0 aliphatic carbocycles. The monoisotopic (exact) mass is 284 g/mol. The molecule has 1 atom stereocenters. The number of carbonyl (C=O) groups is 2. The van der Waals surface area contributed by atoms with Gasteiger partial charge in [0.2, 0.25) is 5.91 Å². The average Bonchev–Trinajstić information content (AvgIpc) is 2.92. The molecule has 1 aromatic rings. The number of hydrogen-bond acceptors (Lipinski definition) is 5. The third-order valence-electron chi connectivity index (χ3n) is 2.87. The Bertz CT molecular complexity index is 418. The summed E-state index contributed by atoms with van der Waals surface area (Å²) in [6, 6.07) is 2.93. The van der Waals surface area contributed by atoms with Gasteiger partial charge in [-0.3, -0.25) is 14.5 Å². The lowest BCUT2D eigenvalue weighted by Gasteiger charge is -2.26. The van der Waals surface area contributed by atoms with Crippen molar-refractivity contribution in [2.45, 2.75) is 19.5 Å². The fourth-order valence-electron chi connectivity index (χ4n) is 1.69. The van der Waals surface area contributed by atoms with Gasteiger partial charge in [-0.05, 0) is 19.1 Å². The number of ether oxygens (including phenoxy) is 1. The van der Waals surface area contributed by atoms with E-state index in [0.717, 1.165) is 0 Å². The van der Waals surface area contributed by atoms with Gasteiger partial charge in [0.1, 0.15) is 5.76 Å². The largest absolute Gasteiger partial charge is 0.480 e. The number of carboxylic acid groups (broad SMARTS) is 1. The van der Waals surface area contributed by atoms with Gasteiger partial charge < -0.3 is 19.6 Å². The molecule has 112 valence electrons. The van der Waals surface area contributed by atoms with E-state index in [1.54, 1.807) is 24.0 Å². The number of furan rings is 1. The zero-order valence-corrected chi connectivity index (χ0v) is 11.7. The number of hydrogen-bond donors (Lipinski definition) is 2. The molecule has 1 amide bonds. The van der Waals surface area contributed by atoms with Crippen molar-refractivity contribution in [1.82, 2.24) is 10.2 Å². The minimum atomic E-state index is -0.980. The molecule has 0 saturated heterocycles. The van der Waals surface area contributed by atoms with Crippen molar-refractivity contribution in [2.24, 2.45) is 0 Å². The van der Waals surface area contributed by atoms with E-state index in [1.165, 1.54) is 13.4 Å². The second kappa shape index (κ2) is 8.34. The maximum atomic E-state index is 12.0. The molecule has 0 fully saturated rings. The molecule has 0 aliphatic heterocycles. The molecule has 2 N–H and O–H groups in total. The maximum Gasteiger partial charge on any atom is 0.317 e. The zero-order chi connectivity index (χ0) is 15.0. The molecule has 0 bridgehead atoms. The molecular formula is C13H20N2O5. The number of nitrogens with zero attached hydrogens (tertiary/aromatic N) is 1. The number of aliphatic carboxylic acids is 1. The summed E-state index contributed by atoms with van der Waals surface area (Å²) in [5, 5.41) is 11.6. The van der Waals surface area contributed by atoms with Gasteiger partial charge in [-0.15, -0.1) is 0 Å². The summed E-state index contributed by atoms with van der Waals surface area (Å²) < 4.78 is 10.0. The first kappa shape index (κ1) is 16.2. The van der Waals surface area contributed by atoms with E-state index in [0.29, 0.717) is 18.9 Å². The van der Waals surface area contributed by atoms with Crippen LogP contribution in [0.2, 0.25) is 0 Å². The summed E-state index contributed by atoms with van der Waals surface area (Å²) in [7, 11) is 1.53.